The number of carboxylic acid groups (broad SMARTS) is 1. The van der Waals surface area contributed by atoms with Gasteiger partial charge in [0.25, 0.3) is 0 Å². The van der Waals surface area contributed by atoms with Crippen molar-refractivity contribution in [2.45, 2.75) is 26.1 Å². The summed E-state index contributed by atoms with van der Waals surface area (Å²) < 4.78 is 37.4. The molecule has 0 aliphatic heterocycles. The van der Waals surface area contributed by atoms with Crippen LogP contribution in [0.5, 0.6) is 0 Å². The number of alkyl halides is 3. The number of aromatic nitrogens is 1. The third-order valence-electron chi connectivity index (χ3n) is 2.32. The number of pyridine rings is 1. The van der Waals surface area contributed by atoms with Crippen LogP contribution in [0.1, 0.15) is 19.4 Å². The van der Waals surface area contributed by atoms with E-state index in [9.17, 15) is 18.0 Å². The fourth-order valence-electron chi connectivity index (χ4n) is 1.36. The molecule has 1 unspecified atom stereocenters. The third-order valence-corrected chi connectivity index (χ3v) is 2.32. The van der Waals surface area contributed by atoms with Gasteiger partial charge in [-0.05, 0) is 18.1 Å². The van der Waals surface area contributed by atoms with Crippen LogP contribution in [0.4, 0.5) is 19.0 Å². The van der Waals surface area contributed by atoms with Crippen molar-refractivity contribution < 1.29 is 23.1 Å². The van der Waals surface area contributed by atoms with Crippen molar-refractivity contribution in [1.82, 2.24) is 4.98 Å². The molecule has 1 aromatic rings. The normalized spacial score (nSPS) is 13.4. The number of rotatable bonds is 4. The first-order valence-corrected chi connectivity index (χ1v) is 5.24. The molecule has 4 nitrogen and oxygen atoms in total. The molecule has 100 valence electrons. The van der Waals surface area contributed by atoms with Crippen LogP contribution in [-0.2, 0) is 11.0 Å². The molecule has 0 radical (unpaired) electrons. The Morgan fingerprint density at radius 2 is 2.06 bits per heavy atom. The third kappa shape index (κ3) is 3.61. The number of nitrogens with zero attached hydrogens (tertiary/aromatic N) is 1. The lowest BCUT2D eigenvalue weighted by Crippen LogP contribution is -2.34. The van der Waals surface area contributed by atoms with Crippen molar-refractivity contribution in [3.63, 3.8) is 0 Å². The van der Waals surface area contributed by atoms with E-state index in [0.29, 0.717) is 0 Å². The minimum Gasteiger partial charge on any atom is -0.480 e. The van der Waals surface area contributed by atoms with Gasteiger partial charge >= 0.3 is 12.1 Å². The minimum atomic E-state index is -4.48. The molecule has 0 saturated heterocycles. The number of anilines is 1. The SMILES string of the molecule is CC(C)C(Nc1cc(C(F)(F)F)ccn1)C(=O)O. The van der Waals surface area contributed by atoms with Gasteiger partial charge in [0.15, 0.2) is 0 Å². The number of nitrogens with one attached hydrogen (secondary N) is 1. The number of halogens is 3. The Kier molecular flexibility index (Phi) is 4.15. The molecule has 0 aromatic carbocycles. The summed E-state index contributed by atoms with van der Waals surface area (Å²) in [7, 11) is 0. The molecule has 0 saturated carbocycles. The van der Waals surface area contributed by atoms with Crippen LogP contribution < -0.4 is 5.32 Å². The lowest BCUT2D eigenvalue weighted by molar-refractivity contribution is -0.139. The Labute approximate surface area is 102 Å². The van der Waals surface area contributed by atoms with Crippen LogP contribution in [0, 0.1) is 5.92 Å². The van der Waals surface area contributed by atoms with Crippen molar-refractivity contribution in [3.8, 4) is 0 Å². The average Bonchev–Trinajstić information content (AvgIpc) is 2.24. The van der Waals surface area contributed by atoms with E-state index >= 15 is 0 Å². The maximum atomic E-state index is 12.5. The van der Waals surface area contributed by atoms with E-state index < -0.39 is 23.8 Å². The monoisotopic (exact) mass is 262 g/mol. The second-order valence-corrected chi connectivity index (χ2v) is 4.13. The first kappa shape index (κ1) is 14.3. The summed E-state index contributed by atoms with van der Waals surface area (Å²) >= 11 is 0. The van der Waals surface area contributed by atoms with E-state index in [1.807, 2.05) is 0 Å². The van der Waals surface area contributed by atoms with Crippen LogP contribution >= 0.6 is 0 Å². The lowest BCUT2D eigenvalue weighted by Gasteiger charge is -2.19. The highest BCUT2D eigenvalue weighted by molar-refractivity contribution is 5.77. The summed E-state index contributed by atoms with van der Waals surface area (Å²) in [5.41, 5.74) is -0.868. The molecule has 1 atom stereocenters. The maximum Gasteiger partial charge on any atom is 0.416 e. The zero-order valence-corrected chi connectivity index (χ0v) is 9.82. The standard InChI is InChI=1S/C11H13F3N2O2/c1-6(2)9(10(17)18)16-8-5-7(3-4-15-8)11(12,13)14/h3-6,9H,1-2H3,(H,15,16)(H,17,18). The van der Waals surface area contributed by atoms with Gasteiger partial charge in [-0.3, -0.25) is 0 Å². The van der Waals surface area contributed by atoms with Gasteiger partial charge in [-0.15, -0.1) is 0 Å². The average molecular weight is 262 g/mol. The number of carboxylic acids is 1. The minimum absolute atomic E-state index is 0.106. The Morgan fingerprint density at radius 3 is 2.50 bits per heavy atom. The van der Waals surface area contributed by atoms with Gasteiger partial charge in [-0.25, -0.2) is 9.78 Å². The van der Waals surface area contributed by atoms with E-state index in [2.05, 4.69) is 10.3 Å². The second kappa shape index (κ2) is 5.24. The highest BCUT2D eigenvalue weighted by Crippen LogP contribution is 2.30. The summed E-state index contributed by atoms with van der Waals surface area (Å²) in [6.45, 7) is 3.30. The Bertz CT molecular complexity index is 433. The Hall–Kier alpha value is -1.79. The van der Waals surface area contributed by atoms with Gasteiger partial charge in [-0.2, -0.15) is 13.2 Å². The van der Waals surface area contributed by atoms with Crippen molar-refractivity contribution in [3.05, 3.63) is 23.9 Å². The van der Waals surface area contributed by atoms with E-state index in [1.54, 1.807) is 13.8 Å². The highest BCUT2D eigenvalue weighted by atomic mass is 19.4. The van der Waals surface area contributed by atoms with Crippen LogP contribution in [0.25, 0.3) is 0 Å². The summed E-state index contributed by atoms with van der Waals surface area (Å²) in [5, 5.41) is 11.4. The molecule has 0 fully saturated rings. The second-order valence-electron chi connectivity index (χ2n) is 4.13. The predicted octanol–water partition coefficient (Wildman–Crippen LogP) is 2.62. The van der Waals surface area contributed by atoms with Crippen molar-refractivity contribution >= 4 is 11.8 Å². The van der Waals surface area contributed by atoms with Gasteiger partial charge < -0.3 is 10.4 Å². The molecule has 1 heterocycles. The fraction of sp³-hybridized carbons (Fsp3) is 0.455. The smallest absolute Gasteiger partial charge is 0.416 e. The molecule has 2 N–H and O–H groups in total. The summed E-state index contributed by atoms with van der Waals surface area (Å²) in [6.07, 6.45) is -3.49. The van der Waals surface area contributed by atoms with Gasteiger partial charge in [0.2, 0.25) is 0 Å². The first-order valence-electron chi connectivity index (χ1n) is 5.24. The highest BCUT2D eigenvalue weighted by Gasteiger charge is 2.31. The fourth-order valence-corrected chi connectivity index (χ4v) is 1.36. The lowest BCUT2D eigenvalue weighted by atomic mass is 10.0. The number of hydrogen-bond donors (Lipinski definition) is 2. The number of hydrogen-bond acceptors (Lipinski definition) is 3. The molecule has 1 rings (SSSR count). The predicted molar refractivity (Wildman–Crippen MR) is 59.1 cm³/mol. The molecule has 0 aliphatic carbocycles. The molecule has 0 aliphatic rings. The quantitative estimate of drug-likeness (QED) is 0.875. The Balaban J connectivity index is 2.94. The van der Waals surface area contributed by atoms with Crippen LogP contribution in [-0.4, -0.2) is 22.1 Å². The maximum absolute atomic E-state index is 12.5. The van der Waals surface area contributed by atoms with Gasteiger partial charge in [-0.1, -0.05) is 13.8 Å². The summed E-state index contributed by atoms with van der Waals surface area (Å²) in [5.74, 6) is -1.52. The Morgan fingerprint density at radius 1 is 1.44 bits per heavy atom. The van der Waals surface area contributed by atoms with E-state index in [1.165, 1.54) is 0 Å². The largest absolute Gasteiger partial charge is 0.480 e. The van der Waals surface area contributed by atoms with E-state index in [-0.39, 0.29) is 11.7 Å². The molecular weight excluding hydrogens is 249 g/mol. The van der Waals surface area contributed by atoms with Gasteiger partial charge in [0.05, 0.1) is 5.56 Å². The van der Waals surface area contributed by atoms with Crippen LogP contribution in [0.2, 0.25) is 0 Å². The van der Waals surface area contributed by atoms with E-state index in [0.717, 1.165) is 18.3 Å². The van der Waals surface area contributed by atoms with Crippen molar-refractivity contribution in [2.75, 3.05) is 5.32 Å². The van der Waals surface area contributed by atoms with Crippen LogP contribution in [0.3, 0.4) is 0 Å². The van der Waals surface area contributed by atoms with Gasteiger partial charge in [0.1, 0.15) is 11.9 Å². The molecule has 0 bridgehead atoms. The number of carbonyl (C=O) groups is 1. The topological polar surface area (TPSA) is 62.2 Å². The molecular formula is C11H13F3N2O2. The number of aliphatic carboxylic acids is 1. The van der Waals surface area contributed by atoms with Crippen molar-refractivity contribution in [1.29, 1.82) is 0 Å². The van der Waals surface area contributed by atoms with E-state index in [4.69, 9.17) is 5.11 Å². The van der Waals surface area contributed by atoms with Gasteiger partial charge in [0, 0.05) is 6.20 Å². The molecule has 18 heavy (non-hydrogen) atoms. The molecule has 1 aromatic heterocycles. The van der Waals surface area contributed by atoms with Crippen LogP contribution in [0.15, 0.2) is 18.3 Å². The molecule has 0 spiro atoms. The zero-order valence-electron chi connectivity index (χ0n) is 9.82. The zero-order chi connectivity index (χ0) is 13.9. The van der Waals surface area contributed by atoms with Crippen molar-refractivity contribution in [2.24, 2.45) is 5.92 Å². The molecule has 7 heteroatoms. The summed E-state index contributed by atoms with van der Waals surface area (Å²) in [4.78, 5) is 14.6. The first-order chi connectivity index (χ1) is 8.21. The summed E-state index contributed by atoms with van der Waals surface area (Å²) in [6, 6.07) is 0.634. The molecule has 0 amide bonds.